The Morgan fingerprint density at radius 1 is 1.18 bits per heavy atom. The zero-order valence-corrected chi connectivity index (χ0v) is 19.8. The van der Waals surface area contributed by atoms with Gasteiger partial charge in [-0.15, -0.1) is 0 Å². The summed E-state index contributed by atoms with van der Waals surface area (Å²) in [5.41, 5.74) is 1.41. The monoisotopic (exact) mass is 453 g/mol. The van der Waals surface area contributed by atoms with Gasteiger partial charge in [-0.2, -0.15) is 0 Å². The molecule has 1 aliphatic heterocycles. The molecule has 33 heavy (non-hydrogen) atoms. The van der Waals surface area contributed by atoms with E-state index in [2.05, 4.69) is 11.7 Å². The molecule has 1 amide bonds. The van der Waals surface area contributed by atoms with Gasteiger partial charge in [0.05, 0.1) is 20.8 Å². The summed E-state index contributed by atoms with van der Waals surface area (Å²) in [6, 6.07) is 12.6. The Bertz CT molecular complexity index is 1000. The van der Waals surface area contributed by atoms with E-state index >= 15 is 0 Å². The fraction of sp³-hybridized carbons (Fsp3) is 0.360. The molecule has 3 rings (SSSR count). The molecule has 0 aromatic heterocycles. The Morgan fingerprint density at radius 3 is 2.48 bits per heavy atom. The molecule has 1 unspecified atom stereocenters. The van der Waals surface area contributed by atoms with Gasteiger partial charge in [0.15, 0.2) is 17.3 Å². The molecule has 2 aromatic rings. The number of nitrogens with zero attached hydrogens (tertiary/aromatic N) is 3. The zero-order chi connectivity index (χ0) is 24.0. The molecule has 0 fully saturated rings. The quantitative estimate of drug-likeness (QED) is 0.510. The largest absolute Gasteiger partial charge is 0.493 e. The van der Waals surface area contributed by atoms with Crippen molar-refractivity contribution in [2.24, 2.45) is 5.16 Å². The zero-order valence-electron chi connectivity index (χ0n) is 19.8. The van der Waals surface area contributed by atoms with Gasteiger partial charge in [0, 0.05) is 24.2 Å². The van der Waals surface area contributed by atoms with E-state index in [1.807, 2.05) is 44.0 Å². The van der Waals surface area contributed by atoms with Crippen molar-refractivity contribution in [3.05, 3.63) is 66.2 Å². The Hall–Kier alpha value is -3.68. The van der Waals surface area contributed by atoms with Crippen LogP contribution >= 0.6 is 0 Å². The van der Waals surface area contributed by atoms with Crippen LogP contribution in [0.15, 0.2) is 60.3 Å². The highest BCUT2D eigenvalue weighted by Crippen LogP contribution is 2.29. The molecule has 2 aromatic carbocycles. The lowest BCUT2D eigenvalue weighted by atomic mass is 10.1. The number of amidine groups is 1. The Morgan fingerprint density at radius 2 is 1.88 bits per heavy atom. The van der Waals surface area contributed by atoms with Gasteiger partial charge in [-0.3, -0.25) is 4.79 Å². The van der Waals surface area contributed by atoms with Crippen LogP contribution in [-0.4, -0.2) is 68.2 Å². The van der Waals surface area contributed by atoms with E-state index < -0.39 is 6.23 Å². The van der Waals surface area contributed by atoms with Crippen LogP contribution in [0.3, 0.4) is 0 Å². The molecule has 1 aliphatic rings. The molecular weight excluding hydrogens is 422 g/mol. The summed E-state index contributed by atoms with van der Waals surface area (Å²) in [7, 11) is 5.07. The van der Waals surface area contributed by atoms with Crippen LogP contribution in [0.1, 0.15) is 29.8 Å². The number of hydrogen-bond acceptors (Lipinski definition) is 7. The topological polar surface area (TPSA) is 72.8 Å². The van der Waals surface area contributed by atoms with Crippen molar-refractivity contribution in [3.8, 4) is 17.2 Å². The minimum Gasteiger partial charge on any atom is -0.493 e. The molecule has 8 nitrogen and oxygen atoms in total. The van der Waals surface area contributed by atoms with Crippen LogP contribution in [0.2, 0.25) is 0 Å². The molecular formula is C25H31N3O5. The second-order valence-electron chi connectivity index (χ2n) is 7.83. The Labute approximate surface area is 195 Å². The second-order valence-corrected chi connectivity index (χ2v) is 7.83. The summed E-state index contributed by atoms with van der Waals surface area (Å²) in [6.07, 6.45) is 1.25. The van der Waals surface area contributed by atoms with Crippen LogP contribution in [0.5, 0.6) is 17.2 Å². The van der Waals surface area contributed by atoms with Gasteiger partial charge >= 0.3 is 0 Å². The highest BCUT2D eigenvalue weighted by atomic mass is 16.7. The number of methoxy groups -OCH3 is 2. The molecule has 1 atom stereocenters. The molecule has 0 N–H and O–H groups in total. The van der Waals surface area contributed by atoms with Crippen LogP contribution in [-0.2, 0) is 4.84 Å². The molecule has 176 valence electrons. The molecule has 0 radical (unpaired) electrons. The van der Waals surface area contributed by atoms with Crippen molar-refractivity contribution < 1.29 is 23.8 Å². The third kappa shape index (κ3) is 5.39. The van der Waals surface area contributed by atoms with Crippen LogP contribution < -0.4 is 14.2 Å². The van der Waals surface area contributed by atoms with Crippen molar-refractivity contribution in [3.63, 3.8) is 0 Å². The van der Waals surface area contributed by atoms with Crippen LogP contribution in [0, 0.1) is 0 Å². The van der Waals surface area contributed by atoms with Crippen molar-refractivity contribution in [2.45, 2.75) is 26.1 Å². The Balaban J connectivity index is 1.72. The number of likely N-dealkylation sites (N-methyl/N-ethyl adjacent to an activating group) is 1. The van der Waals surface area contributed by atoms with Gasteiger partial charge in [-0.05, 0) is 56.3 Å². The van der Waals surface area contributed by atoms with E-state index in [9.17, 15) is 4.79 Å². The van der Waals surface area contributed by atoms with E-state index in [1.54, 1.807) is 49.5 Å². The van der Waals surface area contributed by atoms with Crippen LogP contribution in [0.4, 0.5) is 0 Å². The fourth-order valence-corrected chi connectivity index (χ4v) is 3.48. The molecule has 0 spiro atoms. The lowest BCUT2D eigenvalue weighted by Crippen LogP contribution is -2.47. The average Bonchev–Trinajstić information content (AvgIpc) is 3.20. The highest BCUT2D eigenvalue weighted by molar-refractivity contribution is 5.99. The van der Waals surface area contributed by atoms with Gasteiger partial charge in [0.2, 0.25) is 6.23 Å². The molecule has 0 saturated heterocycles. The van der Waals surface area contributed by atoms with Gasteiger partial charge < -0.3 is 28.8 Å². The first-order chi connectivity index (χ1) is 15.9. The van der Waals surface area contributed by atoms with E-state index in [0.717, 1.165) is 5.56 Å². The lowest BCUT2D eigenvalue weighted by Gasteiger charge is -2.31. The van der Waals surface area contributed by atoms with Gasteiger partial charge in [0.1, 0.15) is 12.4 Å². The fourth-order valence-electron chi connectivity index (χ4n) is 3.48. The minimum absolute atomic E-state index is 0.0312. The van der Waals surface area contributed by atoms with Crippen molar-refractivity contribution >= 4 is 11.7 Å². The van der Waals surface area contributed by atoms with Gasteiger partial charge in [-0.1, -0.05) is 17.8 Å². The van der Waals surface area contributed by atoms with E-state index in [-0.39, 0.29) is 11.9 Å². The number of amides is 1. The summed E-state index contributed by atoms with van der Waals surface area (Å²) in [5.74, 6) is 2.50. The number of carbonyl (C=O) groups excluding carboxylic acids is 1. The van der Waals surface area contributed by atoms with E-state index in [0.29, 0.717) is 41.8 Å². The smallest absolute Gasteiger partial charge is 0.254 e. The second kappa shape index (κ2) is 10.8. The summed E-state index contributed by atoms with van der Waals surface area (Å²) >= 11 is 0. The van der Waals surface area contributed by atoms with Crippen molar-refractivity contribution in [1.29, 1.82) is 0 Å². The first-order valence-corrected chi connectivity index (χ1v) is 10.7. The third-order valence-corrected chi connectivity index (χ3v) is 5.37. The first kappa shape index (κ1) is 24.0. The van der Waals surface area contributed by atoms with E-state index in [1.165, 1.54) is 0 Å². The molecule has 0 aliphatic carbocycles. The number of oxime groups is 1. The first-order valence-electron chi connectivity index (χ1n) is 10.7. The van der Waals surface area contributed by atoms with Crippen molar-refractivity contribution in [2.75, 3.05) is 34.4 Å². The third-order valence-electron chi connectivity index (χ3n) is 5.37. The molecule has 0 bridgehead atoms. The molecule has 0 saturated carbocycles. The number of benzene rings is 2. The normalized spacial score (nSPS) is 15.0. The maximum absolute atomic E-state index is 13.2. The summed E-state index contributed by atoms with van der Waals surface area (Å²) in [5, 5.41) is 4.27. The maximum atomic E-state index is 13.2. The number of carbonyl (C=O) groups is 1. The predicted molar refractivity (Wildman–Crippen MR) is 127 cm³/mol. The predicted octanol–water partition coefficient (Wildman–Crippen LogP) is 3.77. The summed E-state index contributed by atoms with van der Waals surface area (Å²) in [4.78, 5) is 22.6. The number of ether oxygens (including phenoxy) is 3. The SMILES string of the molecule is C=CCOc1ccc(C(=O)N(CC2ON=C(c3ccc(OC)c(OC)c3)N2C)C(C)C)cc1. The molecule has 1 heterocycles. The highest BCUT2D eigenvalue weighted by Gasteiger charge is 2.32. The van der Waals surface area contributed by atoms with Crippen LogP contribution in [0.25, 0.3) is 0 Å². The van der Waals surface area contributed by atoms with Gasteiger partial charge in [0.25, 0.3) is 5.91 Å². The number of hydrogen-bond donors (Lipinski definition) is 0. The maximum Gasteiger partial charge on any atom is 0.254 e. The summed E-state index contributed by atoms with van der Waals surface area (Å²) in [6.45, 7) is 8.36. The summed E-state index contributed by atoms with van der Waals surface area (Å²) < 4.78 is 16.2. The van der Waals surface area contributed by atoms with Gasteiger partial charge in [-0.25, -0.2) is 0 Å². The Kier molecular flexibility index (Phi) is 7.82. The van der Waals surface area contributed by atoms with Crippen molar-refractivity contribution in [1.82, 2.24) is 9.80 Å². The number of rotatable bonds is 10. The standard InChI is InChI=1S/C25H31N3O5/c1-7-14-32-20-11-8-18(9-12-20)25(29)28(17(2)3)16-23-27(4)24(26-33-23)19-10-13-21(30-5)22(15-19)31-6/h7-13,15,17,23H,1,14,16H2,2-6H3. The average molecular weight is 454 g/mol. The van der Waals surface area contributed by atoms with E-state index in [4.69, 9.17) is 19.0 Å². The lowest BCUT2D eigenvalue weighted by molar-refractivity contribution is -0.00868. The molecule has 8 heteroatoms. The minimum atomic E-state index is -0.422.